The van der Waals surface area contributed by atoms with E-state index in [1.807, 2.05) is 24.3 Å². The average molecular weight is 374 g/mol. The van der Waals surface area contributed by atoms with Gasteiger partial charge in [-0.05, 0) is 35.9 Å². The van der Waals surface area contributed by atoms with Crippen LogP contribution >= 0.6 is 39.1 Å². The maximum Gasteiger partial charge on any atom is 0.127 e. The van der Waals surface area contributed by atoms with Gasteiger partial charge in [0.25, 0.3) is 0 Å². The molecule has 3 rings (SSSR count). The van der Waals surface area contributed by atoms with E-state index in [0.29, 0.717) is 22.2 Å². The van der Waals surface area contributed by atoms with Gasteiger partial charge in [0, 0.05) is 16.5 Å². The predicted octanol–water partition coefficient (Wildman–Crippen LogP) is 5.31. The molecule has 0 spiro atoms. The molecule has 0 radical (unpaired) electrons. The fourth-order valence-electron chi connectivity index (χ4n) is 2.33. The number of aliphatic hydroxyl groups excluding tert-OH is 1. The standard InChI is InChI=1S/C15H11BrCl2O2/c16-9-2-4-14-10(6-9)13(19)7-15(20-14)8-1-3-11(17)12(18)5-8/h1-6,13,15,19H,7H2. The van der Waals surface area contributed by atoms with Crippen LogP contribution in [0.25, 0.3) is 0 Å². The molecular weight excluding hydrogens is 363 g/mol. The Kier molecular flexibility index (Phi) is 3.95. The van der Waals surface area contributed by atoms with Crippen LogP contribution in [0.1, 0.15) is 29.8 Å². The van der Waals surface area contributed by atoms with Crippen molar-refractivity contribution in [3.63, 3.8) is 0 Å². The Balaban J connectivity index is 1.94. The molecule has 0 fully saturated rings. The third-order valence-corrected chi connectivity index (χ3v) is 4.59. The largest absolute Gasteiger partial charge is 0.485 e. The summed E-state index contributed by atoms with van der Waals surface area (Å²) < 4.78 is 6.88. The molecule has 0 aliphatic carbocycles. The number of benzene rings is 2. The fourth-order valence-corrected chi connectivity index (χ4v) is 3.02. The van der Waals surface area contributed by atoms with E-state index < -0.39 is 6.10 Å². The number of rotatable bonds is 1. The quantitative estimate of drug-likeness (QED) is 0.733. The van der Waals surface area contributed by atoms with Crippen LogP contribution in [-0.4, -0.2) is 5.11 Å². The summed E-state index contributed by atoms with van der Waals surface area (Å²) in [5.74, 6) is 0.697. The molecule has 20 heavy (non-hydrogen) atoms. The normalized spacial score (nSPS) is 21.2. The summed E-state index contributed by atoms with van der Waals surface area (Å²) in [6.07, 6.45) is -0.300. The van der Waals surface area contributed by atoms with Gasteiger partial charge < -0.3 is 9.84 Å². The number of fused-ring (bicyclic) bond motifs is 1. The van der Waals surface area contributed by atoms with Gasteiger partial charge in [0.05, 0.1) is 16.1 Å². The first kappa shape index (κ1) is 14.2. The molecule has 1 aliphatic rings. The zero-order valence-electron chi connectivity index (χ0n) is 10.3. The lowest BCUT2D eigenvalue weighted by Gasteiger charge is -2.30. The minimum absolute atomic E-state index is 0.228. The first-order valence-corrected chi connectivity index (χ1v) is 7.68. The third kappa shape index (κ3) is 2.68. The van der Waals surface area contributed by atoms with Crippen molar-refractivity contribution in [1.29, 1.82) is 0 Å². The van der Waals surface area contributed by atoms with E-state index in [1.165, 1.54) is 0 Å². The van der Waals surface area contributed by atoms with Crippen molar-refractivity contribution < 1.29 is 9.84 Å². The Morgan fingerprint density at radius 2 is 1.90 bits per heavy atom. The van der Waals surface area contributed by atoms with E-state index in [2.05, 4.69) is 15.9 Å². The van der Waals surface area contributed by atoms with Gasteiger partial charge in [-0.25, -0.2) is 0 Å². The van der Waals surface area contributed by atoms with Gasteiger partial charge in [0.15, 0.2) is 0 Å². The summed E-state index contributed by atoms with van der Waals surface area (Å²) in [6, 6.07) is 11.0. The lowest BCUT2D eigenvalue weighted by Crippen LogP contribution is -2.19. The van der Waals surface area contributed by atoms with E-state index in [-0.39, 0.29) is 6.10 Å². The first-order valence-electron chi connectivity index (χ1n) is 6.13. The van der Waals surface area contributed by atoms with Crippen molar-refractivity contribution in [1.82, 2.24) is 0 Å². The van der Waals surface area contributed by atoms with Crippen molar-refractivity contribution in [2.24, 2.45) is 0 Å². The Bertz CT molecular complexity index is 660. The van der Waals surface area contributed by atoms with Gasteiger partial charge in [0.1, 0.15) is 11.9 Å². The van der Waals surface area contributed by atoms with Crippen LogP contribution in [0.3, 0.4) is 0 Å². The highest BCUT2D eigenvalue weighted by Crippen LogP contribution is 2.42. The Hall–Kier alpha value is -0.740. The average Bonchev–Trinajstić information content (AvgIpc) is 2.42. The molecule has 5 heteroatoms. The van der Waals surface area contributed by atoms with Crippen LogP contribution in [-0.2, 0) is 0 Å². The van der Waals surface area contributed by atoms with Crippen molar-refractivity contribution in [3.8, 4) is 5.75 Å². The van der Waals surface area contributed by atoms with Gasteiger partial charge in [0.2, 0.25) is 0 Å². The number of aliphatic hydroxyl groups is 1. The molecule has 104 valence electrons. The number of ether oxygens (including phenoxy) is 1. The lowest BCUT2D eigenvalue weighted by molar-refractivity contribution is 0.0657. The second-order valence-electron chi connectivity index (χ2n) is 4.71. The van der Waals surface area contributed by atoms with Crippen molar-refractivity contribution >= 4 is 39.1 Å². The van der Waals surface area contributed by atoms with Gasteiger partial charge in [-0.1, -0.05) is 45.2 Å². The van der Waals surface area contributed by atoms with E-state index in [0.717, 1.165) is 15.6 Å². The second kappa shape index (κ2) is 5.57. The summed E-state index contributed by atoms with van der Waals surface area (Å²) in [6.45, 7) is 0. The Morgan fingerprint density at radius 1 is 1.10 bits per heavy atom. The predicted molar refractivity (Wildman–Crippen MR) is 83.5 cm³/mol. The van der Waals surface area contributed by atoms with E-state index in [4.69, 9.17) is 27.9 Å². The summed E-state index contributed by atoms with van der Waals surface area (Å²) in [7, 11) is 0. The highest BCUT2D eigenvalue weighted by molar-refractivity contribution is 9.10. The minimum Gasteiger partial charge on any atom is -0.485 e. The van der Waals surface area contributed by atoms with E-state index in [1.54, 1.807) is 12.1 Å². The summed E-state index contributed by atoms with van der Waals surface area (Å²) in [5, 5.41) is 11.3. The van der Waals surface area contributed by atoms with Crippen LogP contribution in [0, 0.1) is 0 Å². The number of hydrogen-bond donors (Lipinski definition) is 1. The molecule has 0 aromatic heterocycles. The van der Waals surface area contributed by atoms with Crippen molar-refractivity contribution in [3.05, 3.63) is 62.0 Å². The maximum absolute atomic E-state index is 10.3. The van der Waals surface area contributed by atoms with Crippen LogP contribution in [0.2, 0.25) is 10.0 Å². The Labute approximate surface area is 135 Å². The molecule has 0 saturated carbocycles. The molecule has 2 aromatic rings. The molecule has 0 saturated heterocycles. The highest BCUT2D eigenvalue weighted by Gasteiger charge is 2.28. The maximum atomic E-state index is 10.3. The highest BCUT2D eigenvalue weighted by atomic mass is 79.9. The Morgan fingerprint density at radius 3 is 2.65 bits per heavy atom. The topological polar surface area (TPSA) is 29.5 Å². The molecule has 1 N–H and O–H groups in total. The first-order chi connectivity index (χ1) is 9.54. The van der Waals surface area contributed by atoms with Crippen LogP contribution in [0.4, 0.5) is 0 Å². The minimum atomic E-state index is -0.560. The summed E-state index contributed by atoms with van der Waals surface area (Å²) in [4.78, 5) is 0. The molecule has 0 bridgehead atoms. The van der Waals surface area contributed by atoms with Gasteiger partial charge in [-0.2, -0.15) is 0 Å². The zero-order chi connectivity index (χ0) is 14.3. The van der Waals surface area contributed by atoms with Gasteiger partial charge >= 0.3 is 0 Å². The smallest absolute Gasteiger partial charge is 0.127 e. The molecule has 2 unspecified atom stereocenters. The zero-order valence-corrected chi connectivity index (χ0v) is 13.4. The van der Waals surface area contributed by atoms with Crippen LogP contribution in [0.5, 0.6) is 5.75 Å². The van der Waals surface area contributed by atoms with Gasteiger partial charge in [-0.3, -0.25) is 0 Å². The lowest BCUT2D eigenvalue weighted by atomic mass is 9.95. The van der Waals surface area contributed by atoms with Gasteiger partial charge in [-0.15, -0.1) is 0 Å². The fraction of sp³-hybridized carbons (Fsp3) is 0.200. The molecule has 2 atom stereocenters. The number of halogens is 3. The molecular formula is C15H11BrCl2O2. The number of hydrogen-bond acceptors (Lipinski definition) is 2. The monoisotopic (exact) mass is 372 g/mol. The van der Waals surface area contributed by atoms with Crippen LogP contribution < -0.4 is 4.74 Å². The van der Waals surface area contributed by atoms with E-state index >= 15 is 0 Å². The second-order valence-corrected chi connectivity index (χ2v) is 6.44. The van der Waals surface area contributed by atoms with Crippen molar-refractivity contribution in [2.75, 3.05) is 0 Å². The molecule has 2 nitrogen and oxygen atoms in total. The van der Waals surface area contributed by atoms with Crippen LogP contribution in [0.15, 0.2) is 40.9 Å². The molecule has 2 aromatic carbocycles. The SMILES string of the molecule is OC1CC(c2ccc(Cl)c(Cl)c2)Oc2ccc(Br)cc21. The molecule has 0 amide bonds. The summed E-state index contributed by atoms with van der Waals surface area (Å²) >= 11 is 15.4. The summed E-state index contributed by atoms with van der Waals surface area (Å²) in [5.41, 5.74) is 1.71. The third-order valence-electron chi connectivity index (χ3n) is 3.35. The van der Waals surface area contributed by atoms with E-state index in [9.17, 15) is 5.11 Å². The van der Waals surface area contributed by atoms with Crippen molar-refractivity contribution in [2.45, 2.75) is 18.6 Å². The molecule has 1 heterocycles. The molecule has 1 aliphatic heterocycles.